The molecule has 2 bridgehead atoms. The van der Waals surface area contributed by atoms with Gasteiger partial charge in [-0.15, -0.1) is 0 Å². The molecule has 2 fully saturated rings. The highest BCUT2D eigenvalue weighted by molar-refractivity contribution is 5.23. The van der Waals surface area contributed by atoms with Crippen LogP contribution in [-0.2, 0) is 4.74 Å². The number of halogens is 3. The Kier molecular flexibility index (Phi) is 3.70. The molecule has 2 saturated heterocycles. The molecule has 0 aliphatic carbocycles. The third-order valence-electron chi connectivity index (χ3n) is 4.13. The highest BCUT2D eigenvalue weighted by atomic mass is 19.2. The third-order valence-corrected chi connectivity index (χ3v) is 4.13. The van der Waals surface area contributed by atoms with Crippen LogP contribution in [0.15, 0.2) is 12.1 Å². The van der Waals surface area contributed by atoms with Crippen molar-refractivity contribution in [3.8, 4) is 0 Å². The Balaban J connectivity index is 1.86. The number of ether oxygens (including phenoxy) is 1. The molecule has 2 aliphatic rings. The van der Waals surface area contributed by atoms with Gasteiger partial charge in [0, 0.05) is 25.7 Å². The van der Waals surface area contributed by atoms with Crippen molar-refractivity contribution in [3.63, 3.8) is 0 Å². The van der Waals surface area contributed by atoms with Crippen LogP contribution in [0, 0.1) is 17.5 Å². The molecule has 20 heavy (non-hydrogen) atoms. The lowest BCUT2D eigenvalue weighted by atomic mass is 10.0. The summed E-state index contributed by atoms with van der Waals surface area (Å²) in [5.74, 6) is -3.78. The van der Waals surface area contributed by atoms with Crippen LogP contribution in [0.25, 0.3) is 0 Å². The van der Waals surface area contributed by atoms with Gasteiger partial charge in [0.25, 0.3) is 0 Å². The Labute approximate surface area is 115 Å². The molecule has 0 radical (unpaired) electrons. The molecule has 2 N–H and O–H groups in total. The summed E-state index contributed by atoms with van der Waals surface area (Å²) in [6.07, 6.45) is 2.34. The molecule has 6 heteroatoms. The van der Waals surface area contributed by atoms with Crippen molar-refractivity contribution >= 4 is 0 Å². The Bertz CT molecular complexity index is 476. The number of hydrogen-bond donors (Lipinski definition) is 1. The maximum absolute atomic E-state index is 13.4. The highest BCUT2D eigenvalue weighted by Crippen LogP contribution is 2.32. The Morgan fingerprint density at radius 1 is 1.15 bits per heavy atom. The summed E-state index contributed by atoms with van der Waals surface area (Å²) >= 11 is 0. The van der Waals surface area contributed by atoms with Crippen molar-refractivity contribution in [1.29, 1.82) is 0 Å². The average molecular weight is 286 g/mol. The molecular formula is C14H17F3N2O. The second-order valence-corrected chi connectivity index (χ2v) is 5.46. The van der Waals surface area contributed by atoms with Crippen LogP contribution in [0.5, 0.6) is 0 Å². The fraction of sp³-hybridized carbons (Fsp3) is 0.571. The van der Waals surface area contributed by atoms with Crippen molar-refractivity contribution in [2.45, 2.75) is 31.1 Å². The van der Waals surface area contributed by atoms with Crippen LogP contribution in [0.1, 0.15) is 24.4 Å². The van der Waals surface area contributed by atoms with Gasteiger partial charge in [-0.1, -0.05) is 0 Å². The zero-order valence-electron chi connectivity index (χ0n) is 11.0. The van der Waals surface area contributed by atoms with E-state index in [2.05, 4.69) is 4.90 Å². The molecule has 3 rings (SSSR count). The molecule has 0 spiro atoms. The number of morpholine rings is 1. The smallest absolute Gasteiger partial charge is 0.194 e. The van der Waals surface area contributed by atoms with E-state index in [0.717, 1.165) is 25.0 Å². The van der Waals surface area contributed by atoms with Gasteiger partial charge in [-0.05, 0) is 30.5 Å². The first-order valence-electron chi connectivity index (χ1n) is 6.82. The number of fused-ring (bicyclic) bond motifs is 2. The molecule has 0 aromatic heterocycles. The van der Waals surface area contributed by atoms with Crippen LogP contribution in [0.4, 0.5) is 13.2 Å². The minimum Gasteiger partial charge on any atom is -0.372 e. The van der Waals surface area contributed by atoms with Crippen LogP contribution in [0.3, 0.4) is 0 Å². The largest absolute Gasteiger partial charge is 0.372 e. The summed E-state index contributed by atoms with van der Waals surface area (Å²) in [6.45, 7) is 1.61. The van der Waals surface area contributed by atoms with Crippen molar-refractivity contribution < 1.29 is 17.9 Å². The minimum atomic E-state index is -1.44. The van der Waals surface area contributed by atoms with Crippen molar-refractivity contribution in [3.05, 3.63) is 35.1 Å². The van der Waals surface area contributed by atoms with Gasteiger partial charge in [-0.3, -0.25) is 4.90 Å². The molecule has 3 atom stereocenters. The summed E-state index contributed by atoms with van der Waals surface area (Å²) in [6, 6.07) is 1.76. The van der Waals surface area contributed by atoms with E-state index in [9.17, 15) is 13.2 Å². The molecule has 1 aromatic rings. The molecule has 0 saturated carbocycles. The molecule has 1 aromatic carbocycles. The van der Waals surface area contributed by atoms with E-state index < -0.39 is 17.5 Å². The predicted octanol–water partition coefficient (Wildman–Crippen LogP) is 1.97. The second-order valence-electron chi connectivity index (χ2n) is 5.46. The van der Waals surface area contributed by atoms with Crippen LogP contribution < -0.4 is 5.73 Å². The monoisotopic (exact) mass is 286 g/mol. The molecule has 0 amide bonds. The molecule has 2 heterocycles. The summed E-state index contributed by atoms with van der Waals surface area (Å²) in [5, 5.41) is 0. The first kappa shape index (κ1) is 13.9. The lowest BCUT2D eigenvalue weighted by Gasteiger charge is -2.37. The number of nitrogens with two attached hydrogens (primary N) is 1. The lowest BCUT2D eigenvalue weighted by molar-refractivity contribution is -0.0521. The van der Waals surface area contributed by atoms with Crippen molar-refractivity contribution in [1.82, 2.24) is 4.90 Å². The van der Waals surface area contributed by atoms with Gasteiger partial charge in [0.05, 0.1) is 12.2 Å². The quantitative estimate of drug-likeness (QED) is 0.863. The zero-order valence-corrected chi connectivity index (χ0v) is 11.0. The van der Waals surface area contributed by atoms with E-state index in [1.54, 1.807) is 0 Å². The van der Waals surface area contributed by atoms with Crippen LogP contribution >= 0.6 is 0 Å². The minimum absolute atomic E-state index is 0.165. The standard InChI is InChI=1S/C14H17F3N2O/c15-11-3-8(4-12(16)14(11)17)13(5-18)19-6-9-1-2-10(7-19)20-9/h3-4,9-10,13H,1-2,5-7,18H2. The first-order valence-corrected chi connectivity index (χ1v) is 6.82. The van der Waals surface area contributed by atoms with Gasteiger partial charge in [0.15, 0.2) is 17.5 Å². The van der Waals surface area contributed by atoms with Gasteiger partial charge < -0.3 is 10.5 Å². The summed E-state index contributed by atoms with van der Waals surface area (Å²) in [7, 11) is 0. The molecule has 2 aliphatic heterocycles. The Morgan fingerprint density at radius 2 is 1.70 bits per heavy atom. The lowest BCUT2D eigenvalue weighted by Crippen LogP contribution is -2.46. The Morgan fingerprint density at radius 3 is 2.20 bits per heavy atom. The van der Waals surface area contributed by atoms with E-state index >= 15 is 0 Å². The summed E-state index contributed by atoms with van der Waals surface area (Å²) in [4.78, 5) is 2.08. The second kappa shape index (κ2) is 5.35. The average Bonchev–Trinajstić information content (AvgIpc) is 2.76. The van der Waals surface area contributed by atoms with Crippen LogP contribution in [-0.4, -0.2) is 36.7 Å². The fourth-order valence-corrected chi connectivity index (χ4v) is 3.16. The van der Waals surface area contributed by atoms with E-state index in [0.29, 0.717) is 18.7 Å². The van der Waals surface area contributed by atoms with E-state index in [1.807, 2.05) is 0 Å². The molecule has 3 unspecified atom stereocenters. The zero-order chi connectivity index (χ0) is 14.3. The van der Waals surface area contributed by atoms with Gasteiger partial charge in [0.2, 0.25) is 0 Å². The number of benzene rings is 1. The van der Waals surface area contributed by atoms with Gasteiger partial charge in [-0.2, -0.15) is 0 Å². The van der Waals surface area contributed by atoms with Gasteiger partial charge >= 0.3 is 0 Å². The SMILES string of the molecule is NCC(c1cc(F)c(F)c(F)c1)N1CC2CCC(C1)O2. The highest BCUT2D eigenvalue weighted by Gasteiger charge is 2.36. The van der Waals surface area contributed by atoms with Crippen molar-refractivity contribution in [2.75, 3.05) is 19.6 Å². The fourth-order valence-electron chi connectivity index (χ4n) is 3.16. The van der Waals surface area contributed by atoms with Crippen LogP contribution in [0.2, 0.25) is 0 Å². The summed E-state index contributed by atoms with van der Waals surface area (Å²) < 4.78 is 45.5. The van der Waals surface area contributed by atoms with E-state index in [1.165, 1.54) is 0 Å². The number of rotatable bonds is 3. The topological polar surface area (TPSA) is 38.5 Å². The number of likely N-dealkylation sites (tertiary alicyclic amines) is 1. The molecule has 110 valence electrons. The first-order chi connectivity index (χ1) is 9.58. The molecule has 3 nitrogen and oxygen atoms in total. The molecular weight excluding hydrogens is 269 g/mol. The van der Waals surface area contributed by atoms with E-state index in [4.69, 9.17) is 10.5 Å². The maximum atomic E-state index is 13.4. The summed E-state index contributed by atoms with van der Waals surface area (Å²) in [5.41, 5.74) is 6.14. The Hall–Kier alpha value is -1.11. The van der Waals surface area contributed by atoms with Gasteiger partial charge in [-0.25, -0.2) is 13.2 Å². The number of hydrogen-bond acceptors (Lipinski definition) is 3. The number of nitrogens with zero attached hydrogens (tertiary/aromatic N) is 1. The third kappa shape index (κ3) is 2.43. The maximum Gasteiger partial charge on any atom is 0.194 e. The van der Waals surface area contributed by atoms with Gasteiger partial charge in [0.1, 0.15) is 0 Å². The van der Waals surface area contributed by atoms with Crippen molar-refractivity contribution in [2.24, 2.45) is 5.73 Å². The normalized spacial score (nSPS) is 27.8. The van der Waals surface area contributed by atoms with E-state index in [-0.39, 0.29) is 24.8 Å². The predicted molar refractivity (Wildman–Crippen MR) is 67.6 cm³/mol.